The van der Waals surface area contributed by atoms with Gasteiger partial charge < -0.3 is 15.0 Å². The number of hydrogen-bond donors (Lipinski definition) is 1. The molecule has 2 aliphatic rings. The molecule has 0 aromatic heterocycles. The molecule has 0 bridgehead atoms. The maximum atomic E-state index is 13.0. The number of piperazine rings is 1. The first-order valence-corrected chi connectivity index (χ1v) is 10.0. The monoisotopic (exact) mass is 373 g/mol. The molecule has 0 radical (unpaired) electrons. The first-order valence-electron chi connectivity index (χ1n) is 10.0. The summed E-state index contributed by atoms with van der Waals surface area (Å²) in [6.45, 7) is 8.07. The van der Waals surface area contributed by atoms with E-state index in [1.807, 2.05) is 23.1 Å². The number of ether oxygens (including phenoxy) is 1. The number of rotatable bonds is 6. The van der Waals surface area contributed by atoms with Crippen molar-refractivity contribution in [1.29, 1.82) is 0 Å². The van der Waals surface area contributed by atoms with Gasteiger partial charge in [-0.3, -0.25) is 14.5 Å². The largest absolute Gasteiger partial charge is 0.371 e. The Balaban J connectivity index is 1.67. The van der Waals surface area contributed by atoms with Crippen molar-refractivity contribution in [3.05, 3.63) is 35.9 Å². The SMILES string of the molecule is CCC1(CC)CN(C(=O)CC2C(=O)NCCN2Cc2ccccc2)CCO1. The third kappa shape index (κ3) is 4.68. The highest BCUT2D eigenvalue weighted by Crippen LogP contribution is 2.26. The van der Waals surface area contributed by atoms with E-state index in [4.69, 9.17) is 4.74 Å². The smallest absolute Gasteiger partial charge is 0.237 e. The van der Waals surface area contributed by atoms with Crippen LogP contribution in [0.5, 0.6) is 0 Å². The minimum Gasteiger partial charge on any atom is -0.371 e. The van der Waals surface area contributed by atoms with Gasteiger partial charge in [-0.25, -0.2) is 0 Å². The Labute approximate surface area is 161 Å². The number of carbonyl (C=O) groups is 2. The van der Waals surface area contributed by atoms with Gasteiger partial charge in [-0.2, -0.15) is 0 Å². The van der Waals surface area contributed by atoms with Gasteiger partial charge in [0.05, 0.1) is 24.7 Å². The highest BCUT2D eigenvalue weighted by atomic mass is 16.5. The van der Waals surface area contributed by atoms with Crippen molar-refractivity contribution in [3.8, 4) is 0 Å². The Bertz CT molecular complexity index is 645. The van der Waals surface area contributed by atoms with Gasteiger partial charge >= 0.3 is 0 Å². The van der Waals surface area contributed by atoms with Gasteiger partial charge in [0.1, 0.15) is 0 Å². The lowest BCUT2D eigenvalue weighted by Crippen LogP contribution is -2.58. The van der Waals surface area contributed by atoms with Crippen LogP contribution in [0.3, 0.4) is 0 Å². The third-order valence-electron chi connectivity index (χ3n) is 5.93. The molecule has 1 atom stereocenters. The summed E-state index contributed by atoms with van der Waals surface area (Å²) in [5.74, 6) is 0.000670. The molecular weight excluding hydrogens is 342 g/mol. The molecule has 27 heavy (non-hydrogen) atoms. The molecule has 0 aliphatic carbocycles. The molecule has 0 saturated carbocycles. The quantitative estimate of drug-likeness (QED) is 0.826. The van der Waals surface area contributed by atoms with E-state index in [1.165, 1.54) is 0 Å². The van der Waals surface area contributed by atoms with Gasteiger partial charge in [-0.1, -0.05) is 44.2 Å². The molecule has 2 saturated heterocycles. The molecule has 2 heterocycles. The Morgan fingerprint density at radius 2 is 1.96 bits per heavy atom. The van der Waals surface area contributed by atoms with Crippen LogP contribution in [0, 0.1) is 0 Å². The molecule has 6 nitrogen and oxygen atoms in total. The van der Waals surface area contributed by atoms with E-state index in [2.05, 4.69) is 36.2 Å². The van der Waals surface area contributed by atoms with Crippen molar-refractivity contribution in [2.24, 2.45) is 0 Å². The number of carbonyl (C=O) groups excluding carboxylic acids is 2. The normalized spacial score (nSPS) is 23.1. The number of nitrogens with zero attached hydrogens (tertiary/aromatic N) is 2. The number of hydrogen-bond acceptors (Lipinski definition) is 4. The molecule has 2 amide bonds. The maximum Gasteiger partial charge on any atom is 0.237 e. The second-order valence-electron chi connectivity index (χ2n) is 7.52. The van der Waals surface area contributed by atoms with Crippen LogP contribution < -0.4 is 5.32 Å². The van der Waals surface area contributed by atoms with Gasteiger partial charge in [-0.05, 0) is 18.4 Å². The third-order valence-corrected chi connectivity index (χ3v) is 5.93. The first kappa shape index (κ1) is 19.8. The molecular formula is C21H31N3O3. The van der Waals surface area contributed by atoms with E-state index >= 15 is 0 Å². The van der Waals surface area contributed by atoms with Crippen molar-refractivity contribution in [2.75, 3.05) is 32.8 Å². The second kappa shape index (κ2) is 8.85. The summed E-state index contributed by atoms with van der Waals surface area (Å²) in [5, 5.41) is 2.92. The van der Waals surface area contributed by atoms with Crippen molar-refractivity contribution >= 4 is 11.8 Å². The molecule has 1 aromatic carbocycles. The van der Waals surface area contributed by atoms with E-state index < -0.39 is 6.04 Å². The minimum atomic E-state index is -0.410. The van der Waals surface area contributed by atoms with Crippen LogP contribution in [0.15, 0.2) is 30.3 Å². The second-order valence-corrected chi connectivity index (χ2v) is 7.52. The molecule has 2 fully saturated rings. The summed E-state index contributed by atoms with van der Waals surface area (Å²) in [5.41, 5.74) is 0.916. The molecule has 1 N–H and O–H groups in total. The number of morpholine rings is 1. The van der Waals surface area contributed by atoms with E-state index in [1.54, 1.807) is 0 Å². The van der Waals surface area contributed by atoms with Crippen LogP contribution in [-0.2, 0) is 20.9 Å². The van der Waals surface area contributed by atoms with E-state index in [-0.39, 0.29) is 23.8 Å². The van der Waals surface area contributed by atoms with E-state index in [0.717, 1.165) is 24.9 Å². The average molecular weight is 373 g/mol. The molecule has 0 spiro atoms. The summed E-state index contributed by atoms with van der Waals surface area (Å²) in [6, 6.07) is 9.70. The minimum absolute atomic E-state index is 0.0453. The fourth-order valence-corrected chi connectivity index (χ4v) is 4.02. The molecule has 1 aromatic rings. The predicted octanol–water partition coefficient (Wildman–Crippen LogP) is 1.79. The first-order chi connectivity index (χ1) is 13.1. The van der Waals surface area contributed by atoms with Gasteiger partial charge in [0.25, 0.3) is 0 Å². The Morgan fingerprint density at radius 1 is 1.22 bits per heavy atom. The van der Waals surface area contributed by atoms with Crippen LogP contribution in [0.4, 0.5) is 0 Å². The highest BCUT2D eigenvalue weighted by molar-refractivity contribution is 5.89. The molecule has 2 aliphatic heterocycles. The van der Waals surface area contributed by atoms with Crippen molar-refractivity contribution < 1.29 is 14.3 Å². The molecule has 1 unspecified atom stereocenters. The topological polar surface area (TPSA) is 61.9 Å². The fourth-order valence-electron chi connectivity index (χ4n) is 4.02. The maximum absolute atomic E-state index is 13.0. The van der Waals surface area contributed by atoms with Crippen molar-refractivity contribution in [2.45, 2.75) is 51.3 Å². The van der Waals surface area contributed by atoms with E-state index in [0.29, 0.717) is 32.8 Å². The van der Waals surface area contributed by atoms with Crippen LogP contribution >= 0.6 is 0 Å². The van der Waals surface area contributed by atoms with Gasteiger partial charge in [0.2, 0.25) is 11.8 Å². The summed E-state index contributed by atoms with van der Waals surface area (Å²) in [7, 11) is 0. The summed E-state index contributed by atoms with van der Waals surface area (Å²) in [6.07, 6.45) is 2.00. The van der Waals surface area contributed by atoms with Gasteiger partial charge in [0.15, 0.2) is 0 Å². The van der Waals surface area contributed by atoms with Gasteiger partial charge in [0, 0.05) is 32.7 Å². The summed E-state index contributed by atoms with van der Waals surface area (Å²) < 4.78 is 5.97. The lowest BCUT2D eigenvalue weighted by Gasteiger charge is -2.43. The zero-order chi connectivity index (χ0) is 19.3. The number of benzene rings is 1. The number of nitrogens with one attached hydrogen (secondary N) is 1. The average Bonchev–Trinajstić information content (AvgIpc) is 2.71. The Hall–Kier alpha value is -1.92. The lowest BCUT2D eigenvalue weighted by atomic mass is 9.94. The zero-order valence-corrected chi connectivity index (χ0v) is 16.4. The fraction of sp³-hybridized carbons (Fsp3) is 0.619. The van der Waals surface area contributed by atoms with Crippen LogP contribution in [0.2, 0.25) is 0 Å². The van der Waals surface area contributed by atoms with Crippen molar-refractivity contribution in [3.63, 3.8) is 0 Å². The predicted molar refractivity (Wildman–Crippen MR) is 104 cm³/mol. The Morgan fingerprint density at radius 3 is 2.67 bits per heavy atom. The zero-order valence-electron chi connectivity index (χ0n) is 16.4. The van der Waals surface area contributed by atoms with E-state index in [9.17, 15) is 9.59 Å². The van der Waals surface area contributed by atoms with Gasteiger partial charge in [-0.15, -0.1) is 0 Å². The molecule has 6 heteroatoms. The lowest BCUT2D eigenvalue weighted by molar-refractivity contribution is -0.154. The standard InChI is InChI=1S/C21H31N3O3/c1-3-21(4-2)16-24(12-13-27-21)19(25)14-18-20(26)22-10-11-23(18)15-17-8-6-5-7-9-17/h5-9,18H,3-4,10-16H2,1-2H3,(H,22,26). The molecule has 3 rings (SSSR count). The number of amides is 2. The van der Waals surface area contributed by atoms with Crippen LogP contribution in [0.1, 0.15) is 38.7 Å². The van der Waals surface area contributed by atoms with Crippen molar-refractivity contribution in [1.82, 2.24) is 15.1 Å². The summed E-state index contributed by atoms with van der Waals surface area (Å²) >= 11 is 0. The molecule has 148 valence electrons. The highest BCUT2D eigenvalue weighted by Gasteiger charge is 2.38. The summed E-state index contributed by atoms with van der Waals surface area (Å²) in [4.78, 5) is 29.5. The van der Waals surface area contributed by atoms with Crippen LogP contribution in [0.25, 0.3) is 0 Å². The Kier molecular flexibility index (Phi) is 6.50. The van der Waals surface area contributed by atoms with Crippen LogP contribution in [-0.4, -0.2) is 66.0 Å².